The second-order valence-corrected chi connectivity index (χ2v) is 6.12. The quantitative estimate of drug-likeness (QED) is 0.508. The lowest BCUT2D eigenvalue weighted by Crippen LogP contribution is -2.46. The number of methoxy groups -OCH3 is 1. The molecule has 0 radical (unpaired) electrons. The van der Waals surface area contributed by atoms with E-state index in [0.717, 1.165) is 47.0 Å². The van der Waals surface area contributed by atoms with E-state index >= 15 is 0 Å². The first-order chi connectivity index (χ1) is 11.6. The Morgan fingerprint density at radius 3 is 2.29 bits per heavy atom. The summed E-state index contributed by atoms with van der Waals surface area (Å²) in [5, 5.41) is 1.93. The average Bonchev–Trinajstić information content (AvgIpc) is 3.08. The van der Waals surface area contributed by atoms with Gasteiger partial charge in [-0.1, -0.05) is 0 Å². The molecule has 0 aliphatic rings. The molecule has 0 amide bonds. The van der Waals surface area contributed by atoms with E-state index in [1.165, 1.54) is 6.07 Å². The summed E-state index contributed by atoms with van der Waals surface area (Å²) in [6.45, 7) is 10.6. The molecule has 5 heteroatoms. The van der Waals surface area contributed by atoms with Crippen molar-refractivity contribution in [2.24, 2.45) is 0 Å². The maximum Gasteiger partial charge on any atom is 0.336 e. The maximum absolute atomic E-state index is 11.7. The van der Waals surface area contributed by atoms with Crippen LogP contribution in [0.3, 0.4) is 0 Å². The van der Waals surface area contributed by atoms with E-state index in [0.29, 0.717) is 16.9 Å². The number of hydrogen-bond acceptors (Lipinski definition) is 4. The van der Waals surface area contributed by atoms with E-state index in [9.17, 15) is 4.79 Å². The minimum Gasteiger partial charge on any atom is -0.490 e. The van der Waals surface area contributed by atoms with Gasteiger partial charge in [-0.3, -0.25) is 0 Å². The number of fused-ring (bicyclic) bond motifs is 2. The van der Waals surface area contributed by atoms with Crippen molar-refractivity contribution < 1.29 is 18.1 Å². The van der Waals surface area contributed by atoms with Crippen LogP contribution in [0.2, 0.25) is 0 Å². The molecule has 0 unspecified atom stereocenters. The number of quaternary nitrogens is 1. The molecule has 0 aliphatic heterocycles. The fourth-order valence-electron chi connectivity index (χ4n) is 3.49. The Labute approximate surface area is 141 Å². The van der Waals surface area contributed by atoms with Crippen molar-refractivity contribution in [2.45, 2.75) is 27.3 Å². The van der Waals surface area contributed by atoms with Gasteiger partial charge in [-0.25, -0.2) is 4.79 Å². The van der Waals surface area contributed by atoms with Gasteiger partial charge >= 0.3 is 5.63 Å². The predicted molar refractivity (Wildman–Crippen MR) is 94.4 cm³/mol. The van der Waals surface area contributed by atoms with Gasteiger partial charge in [-0.05, 0) is 32.9 Å². The van der Waals surface area contributed by atoms with Gasteiger partial charge in [0.15, 0.2) is 11.2 Å². The van der Waals surface area contributed by atoms with Crippen LogP contribution in [0, 0.1) is 0 Å². The zero-order valence-electron chi connectivity index (χ0n) is 14.7. The van der Waals surface area contributed by atoms with Crippen molar-refractivity contribution in [2.75, 3.05) is 26.7 Å². The summed E-state index contributed by atoms with van der Waals surface area (Å²) < 4.78 is 17.6. The number of hydrogen-bond donors (Lipinski definition) is 0. The highest BCUT2D eigenvalue weighted by molar-refractivity contribution is 6.03. The average molecular weight is 330 g/mol. The summed E-state index contributed by atoms with van der Waals surface area (Å²) in [4.78, 5) is 11.7. The topological polar surface area (TPSA) is 52.6 Å². The number of nitrogens with zero attached hydrogens (tertiary/aromatic N) is 1. The molecular weight excluding hydrogens is 306 g/mol. The van der Waals surface area contributed by atoms with E-state index in [-0.39, 0.29) is 5.63 Å². The third-order valence-electron chi connectivity index (χ3n) is 5.27. The molecule has 0 fully saturated rings. The number of benzene rings is 1. The SMILES string of the molecule is CC[N+](CC)(CC)Cc1c2ccoc2c(OC)c2oc(=O)ccc12. The fraction of sp³-hybridized carbons (Fsp3) is 0.421. The third kappa shape index (κ3) is 2.49. The van der Waals surface area contributed by atoms with Gasteiger partial charge in [0.2, 0.25) is 5.75 Å². The lowest BCUT2D eigenvalue weighted by Gasteiger charge is -2.36. The molecule has 24 heavy (non-hydrogen) atoms. The number of ether oxygens (including phenoxy) is 1. The van der Waals surface area contributed by atoms with E-state index in [4.69, 9.17) is 13.6 Å². The van der Waals surface area contributed by atoms with Crippen LogP contribution < -0.4 is 10.4 Å². The summed E-state index contributed by atoms with van der Waals surface area (Å²) in [6.07, 6.45) is 1.66. The van der Waals surface area contributed by atoms with Crippen molar-refractivity contribution in [3.05, 3.63) is 40.4 Å². The largest absolute Gasteiger partial charge is 0.490 e. The zero-order chi connectivity index (χ0) is 17.3. The molecule has 0 N–H and O–H groups in total. The Morgan fingerprint density at radius 1 is 1.00 bits per heavy atom. The summed E-state index contributed by atoms with van der Waals surface area (Å²) in [7, 11) is 1.56. The molecule has 1 aromatic carbocycles. The van der Waals surface area contributed by atoms with Crippen molar-refractivity contribution in [3.63, 3.8) is 0 Å². The molecule has 0 saturated heterocycles. The van der Waals surface area contributed by atoms with Crippen LogP contribution in [0.1, 0.15) is 26.3 Å². The van der Waals surface area contributed by atoms with E-state index in [1.807, 2.05) is 12.1 Å². The van der Waals surface area contributed by atoms with Gasteiger partial charge in [0.1, 0.15) is 6.54 Å². The lowest BCUT2D eigenvalue weighted by molar-refractivity contribution is -0.935. The minimum atomic E-state index is -0.389. The number of furan rings is 1. The van der Waals surface area contributed by atoms with E-state index < -0.39 is 0 Å². The van der Waals surface area contributed by atoms with E-state index in [1.54, 1.807) is 13.4 Å². The van der Waals surface area contributed by atoms with Crippen LogP contribution in [0.5, 0.6) is 5.75 Å². The molecule has 0 aliphatic carbocycles. The van der Waals surface area contributed by atoms with Crippen molar-refractivity contribution in [1.29, 1.82) is 0 Å². The molecule has 128 valence electrons. The van der Waals surface area contributed by atoms with Crippen LogP contribution in [-0.2, 0) is 6.54 Å². The van der Waals surface area contributed by atoms with Crippen LogP contribution in [0.15, 0.2) is 38.1 Å². The molecule has 0 atom stereocenters. The van der Waals surface area contributed by atoms with Crippen LogP contribution in [0.4, 0.5) is 0 Å². The molecule has 0 bridgehead atoms. The second-order valence-electron chi connectivity index (χ2n) is 6.12. The Balaban J connectivity index is 2.37. The lowest BCUT2D eigenvalue weighted by atomic mass is 10.0. The van der Waals surface area contributed by atoms with Gasteiger partial charge < -0.3 is 18.1 Å². The monoisotopic (exact) mass is 330 g/mol. The van der Waals surface area contributed by atoms with Crippen molar-refractivity contribution >= 4 is 21.9 Å². The van der Waals surface area contributed by atoms with Gasteiger partial charge in [-0.2, -0.15) is 0 Å². The number of rotatable bonds is 6. The highest BCUT2D eigenvalue weighted by atomic mass is 16.5. The Morgan fingerprint density at radius 2 is 1.67 bits per heavy atom. The molecular formula is C19H24NO4+. The highest BCUT2D eigenvalue weighted by Crippen LogP contribution is 2.39. The summed E-state index contributed by atoms with van der Waals surface area (Å²) in [6, 6.07) is 5.27. The van der Waals surface area contributed by atoms with Gasteiger partial charge in [0, 0.05) is 22.4 Å². The summed E-state index contributed by atoms with van der Waals surface area (Å²) >= 11 is 0. The van der Waals surface area contributed by atoms with Crippen molar-refractivity contribution in [3.8, 4) is 5.75 Å². The molecule has 2 heterocycles. The van der Waals surface area contributed by atoms with Crippen LogP contribution in [-0.4, -0.2) is 31.2 Å². The molecule has 3 aromatic rings. The first kappa shape index (κ1) is 16.6. The zero-order valence-corrected chi connectivity index (χ0v) is 14.7. The smallest absolute Gasteiger partial charge is 0.336 e. The summed E-state index contributed by atoms with van der Waals surface area (Å²) in [5.41, 5.74) is 1.85. The Kier molecular flexibility index (Phi) is 4.37. The first-order valence-corrected chi connectivity index (χ1v) is 8.44. The predicted octanol–water partition coefficient (Wildman–Crippen LogP) is 3.92. The molecule has 0 spiro atoms. The van der Waals surface area contributed by atoms with E-state index in [2.05, 4.69) is 20.8 Å². The standard InChI is InChI=1S/C19H24NO4/c1-5-20(6-2,7-3)12-15-13-8-9-16(21)24-18(13)19(22-4)17-14(15)10-11-23-17/h8-11H,5-7,12H2,1-4H3/q+1. The second kappa shape index (κ2) is 6.32. The highest BCUT2D eigenvalue weighted by Gasteiger charge is 2.27. The van der Waals surface area contributed by atoms with Gasteiger partial charge in [-0.15, -0.1) is 0 Å². The fourth-order valence-corrected chi connectivity index (χ4v) is 3.49. The van der Waals surface area contributed by atoms with Crippen LogP contribution >= 0.6 is 0 Å². The summed E-state index contributed by atoms with van der Waals surface area (Å²) in [5.74, 6) is 0.481. The third-order valence-corrected chi connectivity index (χ3v) is 5.27. The molecule has 3 rings (SSSR count). The Hall–Kier alpha value is -2.27. The maximum atomic E-state index is 11.7. The minimum absolute atomic E-state index is 0.389. The van der Waals surface area contributed by atoms with Crippen LogP contribution in [0.25, 0.3) is 21.9 Å². The molecule has 2 aromatic heterocycles. The first-order valence-electron chi connectivity index (χ1n) is 8.44. The Bertz CT molecular complexity index is 910. The molecule has 5 nitrogen and oxygen atoms in total. The van der Waals surface area contributed by atoms with Gasteiger partial charge in [0.25, 0.3) is 0 Å². The van der Waals surface area contributed by atoms with Gasteiger partial charge in [0.05, 0.1) is 33.0 Å². The van der Waals surface area contributed by atoms with Crippen molar-refractivity contribution in [1.82, 2.24) is 0 Å². The molecule has 0 saturated carbocycles. The normalized spacial score (nSPS) is 12.2.